The molecular weight excluding hydrogens is 208 g/mol. The molecule has 86 valence electrons. The second kappa shape index (κ2) is 4.44. The summed E-state index contributed by atoms with van der Waals surface area (Å²) in [5, 5.41) is 13.3. The van der Waals surface area contributed by atoms with Crippen molar-refractivity contribution in [3.63, 3.8) is 0 Å². The van der Waals surface area contributed by atoms with Crippen LogP contribution in [0.1, 0.15) is 19.2 Å². The molecule has 0 aliphatic rings. The van der Waals surface area contributed by atoms with Crippen molar-refractivity contribution < 1.29 is 9.63 Å². The lowest BCUT2D eigenvalue weighted by Gasteiger charge is -2.01. The van der Waals surface area contributed by atoms with Gasteiger partial charge in [0.15, 0.2) is 0 Å². The largest absolute Gasteiger partial charge is 0.393 e. The average Bonchev–Trinajstić information content (AvgIpc) is 2.86. The molecule has 6 heteroatoms. The van der Waals surface area contributed by atoms with Gasteiger partial charge in [0.2, 0.25) is 11.7 Å². The number of rotatable bonds is 4. The van der Waals surface area contributed by atoms with Gasteiger partial charge in [-0.25, -0.2) is 4.98 Å². The Kier molecular flexibility index (Phi) is 3.00. The van der Waals surface area contributed by atoms with Gasteiger partial charge in [-0.15, -0.1) is 0 Å². The standard InChI is InChI=1S/C10H14N4O2/c1-3-7(15)4-9-12-10(13-16-9)8-5-11-6-14(8)2/h5-7,15H,3-4H2,1-2H3. The second-order valence-electron chi connectivity index (χ2n) is 3.67. The maximum Gasteiger partial charge on any atom is 0.229 e. The molecule has 0 fully saturated rings. The van der Waals surface area contributed by atoms with E-state index >= 15 is 0 Å². The summed E-state index contributed by atoms with van der Waals surface area (Å²) in [6.45, 7) is 1.91. The number of nitrogens with zero attached hydrogens (tertiary/aromatic N) is 4. The zero-order chi connectivity index (χ0) is 11.5. The van der Waals surface area contributed by atoms with Crippen LogP contribution in [-0.4, -0.2) is 30.9 Å². The van der Waals surface area contributed by atoms with Crippen LogP contribution in [0.15, 0.2) is 17.0 Å². The van der Waals surface area contributed by atoms with Crippen LogP contribution in [0, 0.1) is 0 Å². The van der Waals surface area contributed by atoms with Gasteiger partial charge in [-0.05, 0) is 6.42 Å². The van der Waals surface area contributed by atoms with Gasteiger partial charge in [-0.3, -0.25) is 0 Å². The Morgan fingerprint density at radius 1 is 1.56 bits per heavy atom. The van der Waals surface area contributed by atoms with E-state index in [1.165, 1.54) is 0 Å². The van der Waals surface area contributed by atoms with E-state index in [-0.39, 0.29) is 0 Å². The van der Waals surface area contributed by atoms with E-state index in [1.807, 2.05) is 18.5 Å². The first-order valence-electron chi connectivity index (χ1n) is 5.18. The number of aromatic nitrogens is 4. The summed E-state index contributed by atoms with van der Waals surface area (Å²) < 4.78 is 6.86. The Morgan fingerprint density at radius 2 is 2.38 bits per heavy atom. The van der Waals surface area contributed by atoms with E-state index < -0.39 is 6.10 Å². The first kappa shape index (κ1) is 10.8. The van der Waals surface area contributed by atoms with Crippen molar-refractivity contribution in [1.29, 1.82) is 0 Å². The molecule has 0 aliphatic carbocycles. The highest BCUT2D eigenvalue weighted by atomic mass is 16.5. The Morgan fingerprint density at radius 3 is 3.00 bits per heavy atom. The molecule has 2 heterocycles. The van der Waals surface area contributed by atoms with Crippen LogP contribution in [0.2, 0.25) is 0 Å². The fraction of sp³-hybridized carbons (Fsp3) is 0.500. The molecule has 0 bridgehead atoms. The van der Waals surface area contributed by atoms with Crippen LogP contribution in [0.5, 0.6) is 0 Å². The number of hydrogen-bond acceptors (Lipinski definition) is 5. The fourth-order valence-electron chi connectivity index (χ4n) is 1.36. The van der Waals surface area contributed by atoms with Gasteiger partial charge >= 0.3 is 0 Å². The lowest BCUT2D eigenvalue weighted by Crippen LogP contribution is -2.08. The molecule has 1 unspecified atom stereocenters. The summed E-state index contributed by atoms with van der Waals surface area (Å²) in [5.41, 5.74) is 0.793. The molecule has 6 nitrogen and oxygen atoms in total. The van der Waals surface area contributed by atoms with Crippen molar-refractivity contribution in [3.8, 4) is 11.5 Å². The molecule has 0 aliphatic heterocycles. The fourth-order valence-corrected chi connectivity index (χ4v) is 1.36. The predicted molar refractivity (Wildman–Crippen MR) is 56.5 cm³/mol. The lowest BCUT2D eigenvalue weighted by atomic mass is 10.2. The van der Waals surface area contributed by atoms with Crippen LogP contribution in [-0.2, 0) is 13.5 Å². The summed E-state index contributed by atoms with van der Waals surface area (Å²) >= 11 is 0. The molecule has 2 aromatic rings. The van der Waals surface area contributed by atoms with Crippen molar-refractivity contribution in [2.75, 3.05) is 0 Å². The number of aliphatic hydroxyl groups excluding tert-OH is 1. The van der Waals surface area contributed by atoms with Crippen LogP contribution in [0.4, 0.5) is 0 Å². The minimum absolute atomic E-state index is 0.390. The molecule has 1 N–H and O–H groups in total. The highest BCUT2D eigenvalue weighted by molar-refractivity contribution is 5.46. The predicted octanol–water partition coefficient (Wildman–Crippen LogP) is 0.783. The zero-order valence-electron chi connectivity index (χ0n) is 9.29. The van der Waals surface area contributed by atoms with Crippen LogP contribution >= 0.6 is 0 Å². The van der Waals surface area contributed by atoms with Gasteiger partial charge in [0.05, 0.1) is 25.0 Å². The Hall–Kier alpha value is -1.69. The molecule has 0 radical (unpaired) electrons. The highest BCUT2D eigenvalue weighted by Gasteiger charge is 2.13. The molecule has 0 spiro atoms. The maximum atomic E-state index is 9.46. The quantitative estimate of drug-likeness (QED) is 0.827. The topological polar surface area (TPSA) is 77.0 Å². The van der Waals surface area contributed by atoms with Crippen LogP contribution < -0.4 is 0 Å². The van der Waals surface area contributed by atoms with E-state index in [1.54, 1.807) is 12.5 Å². The summed E-state index contributed by atoms with van der Waals surface area (Å²) in [7, 11) is 1.86. The summed E-state index contributed by atoms with van der Waals surface area (Å²) in [4.78, 5) is 8.18. The van der Waals surface area contributed by atoms with Gasteiger partial charge in [-0.2, -0.15) is 4.98 Å². The Balaban J connectivity index is 2.17. The molecular formula is C10H14N4O2. The van der Waals surface area contributed by atoms with E-state index in [2.05, 4.69) is 15.1 Å². The van der Waals surface area contributed by atoms with Crippen molar-refractivity contribution in [2.45, 2.75) is 25.9 Å². The minimum atomic E-state index is -0.431. The Bertz CT molecular complexity index is 463. The summed E-state index contributed by atoms with van der Waals surface area (Å²) in [6.07, 6.45) is 3.97. The third-order valence-corrected chi connectivity index (χ3v) is 2.40. The van der Waals surface area contributed by atoms with Gasteiger partial charge in [0.25, 0.3) is 0 Å². The lowest BCUT2D eigenvalue weighted by molar-refractivity contribution is 0.158. The third kappa shape index (κ3) is 2.11. The zero-order valence-corrected chi connectivity index (χ0v) is 9.29. The normalized spacial score (nSPS) is 12.9. The van der Waals surface area contributed by atoms with Gasteiger partial charge in [0.1, 0.15) is 5.69 Å². The van der Waals surface area contributed by atoms with E-state index in [9.17, 15) is 5.11 Å². The summed E-state index contributed by atoms with van der Waals surface area (Å²) in [6, 6.07) is 0. The molecule has 0 amide bonds. The highest BCUT2D eigenvalue weighted by Crippen LogP contribution is 2.14. The number of hydrogen-bond donors (Lipinski definition) is 1. The molecule has 0 saturated carbocycles. The van der Waals surface area contributed by atoms with E-state index in [0.717, 1.165) is 5.69 Å². The molecule has 16 heavy (non-hydrogen) atoms. The SMILES string of the molecule is CCC(O)Cc1nc(-c2cncn2C)no1. The van der Waals surface area contributed by atoms with E-state index in [0.29, 0.717) is 24.6 Å². The van der Waals surface area contributed by atoms with Crippen LogP contribution in [0.25, 0.3) is 11.5 Å². The van der Waals surface area contributed by atoms with Crippen molar-refractivity contribution >= 4 is 0 Å². The monoisotopic (exact) mass is 222 g/mol. The number of aryl methyl sites for hydroxylation is 1. The maximum absolute atomic E-state index is 9.46. The van der Waals surface area contributed by atoms with Crippen LogP contribution in [0.3, 0.4) is 0 Å². The second-order valence-corrected chi connectivity index (χ2v) is 3.67. The minimum Gasteiger partial charge on any atom is -0.393 e. The number of aliphatic hydroxyl groups is 1. The van der Waals surface area contributed by atoms with Crippen molar-refractivity contribution in [3.05, 3.63) is 18.4 Å². The first-order chi connectivity index (χ1) is 7.70. The molecule has 2 rings (SSSR count). The van der Waals surface area contributed by atoms with Crippen molar-refractivity contribution in [1.82, 2.24) is 19.7 Å². The first-order valence-corrected chi connectivity index (χ1v) is 5.18. The third-order valence-electron chi connectivity index (χ3n) is 2.40. The van der Waals surface area contributed by atoms with Crippen molar-refractivity contribution in [2.24, 2.45) is 7.05 Å². The smallest absolute Gasteiger partial charge is 0.229 e. The van der Waals surface area contributed by atoms with E-state index in [4.69, 9.17) is 4.52 Å². The Labute approximate surface area is 92.9 Å². The van der Waals surface area contributed by atoms with Gasteiger partial charge < -0.3 is 14.2 Å². The molecule has 2 aromatic heterocycles. The molecule has 1 atom stereocenters. The summed E-state index contributed by atoms with van der Waals surface area (Å²) in [5.74, 6) is 0.948. The number of imidazole rings is 1. The molecule has 0 aromatic carbocycles. The van der Waals surface area contributed by atoms with Gasteiger partial charge in [-0.1, -0.05) is 12.1 Å². The average molecular weight is 222 g/mol. The van der Waals surface area contributed by atoms with Gasteiger partial charge in [0, 0.05) is 7.05 Å². The molecule has 0 saturated heterocycles.